The Hall–Kier alpha value is -2.56. The number of nitrogens with one attached hydrogen (secondary N) is 1. The number of hydrogen-bond acceptors (Lipinski definition) is 2. The van der Waals surface area contributed by atoms with Crippen LogP contribution in [-0.2, 0) is 11.2 Å². The predicted octanol–water partition coefficient (Wildman–Crippen LogP) is 2.67. The van der Waals surface area contributed by atoms with Crippen LogP contribution in [-0.4, -0.2) is 52.8 Å². The molecule has 3 rings (SSSR count). The van der Waals surface area contributed by atoms with E-state index >= 15 is 0 Å². The Morgan fingerprint density at radius 2 is 1.64 bits per heavy atom. The summed E-state index contributed by atoms with van der Waals surface area (Å²) in [6.07, 6.45) is 3.88. The third-order valence-corrected chi connectivity index (χ3v) is 4.77. The Morgan fingerprint density at radius 3 is 2.20 bits per heavy atom. The fraction of sp³-hybridized carbons (Fsp3) is 0.400. The molecule has 0 radical (unpaired) electrons. The van der Waals surface area contributed by atoms with Crippen LogP contribution in [0.2, 0.25) is 0 Å². The topological polar surface area (TPSA) is 56.4 Å². The third kappa shape index (κ3) is 4.10. The maximum atomic E-state index is 12.5. The zero-order chi connectivity index (χ0) is 17.8. The number of rotatable bonds is 4. The lowest BCUT2D eigenvalue weighted by Crippen LogP contribution is -2.50. The van der Waals surface area contributed by atoms with Gasteiger partial charge in [0.1, 0.15) is 0 Å². The summed E-state index contributed by atoms with van der Waals surface area (Å²) in [4.78, 5) is 31.4. The number of aromatic nitrogens is 1. The quantitative estimate of drug-likeness (QED) is 0.931. The van der Waals surface area contributed by atoms with Crippen molar-refractivity contribution in [2.75, 3.05) is 26.2 Å². The summed E-state index contributed by atoms with van der Waals surface area (Å²) in [6, 6.07) is 10.1. The van der Waals surface area contributed by atoms with Gasteiger partial charge in [-0.1, -0.05) is 38.1 Å². The van der Waals surface area contributed by atoms with Crippen molar-refractivity contribution >= 4 is 11.8 Å². The van der Waals surface area contributed by atoms with Crippen LogP contribution in [0.4, 0.5) is 0 Å². The number of benzene rings is 1. The van der Waals surface area contributed by atoms with Crippen molar-refractivity contribution in [2.45, 2.75) is 26.2 Å². The molecule has 2 aromatic rings. The zero-order valence-corrected chi connectivity index (χ0v) is 14.9. The van der Waals surface area contributed by atoms with Gasteiger partial charge in [0.25, 0.3) is 5.91 Å². The molecule has 2 amide bonds. The fourth-order valence-corrected chi connectivity index (χ4v) is 3.11. The van der Waals surface area contributed by atoms with E-state index < -0.39 is 0 Å². The summed E-state index contributed by atoms with van der Waals surface area (Å²) >= 11 is 0. The van der Waals surface area contributed by atoms with E-state index in [1.54, 1.807) is 18.5 Å². The van der Waals surface area contributed by atoms with Gasteiger partial charge in [-0.25, -0.2) is 0 Å². The van der Waals surface area contributed by atoms with Crippen molar-refractivity contribution in [3.8, 4) is 0 Å². The highest BCUT2D eigenvalue weighted by atomic mass is 16.2. The second kappa shape index (κ2) is 7.55. The minimum absolute atomic E-state index is 0.0256. The Morgan fingerprint density at radius 1 is 1.00 bits per heavy atom. The van der Waals surface area contributed by atoms with E-state index in [0.717, 1.165) is 5.56 Å². The Bertz CT molecular complexity index is 712. The first-order chi connectivity index (χ1) is 12.0. The van der Waals surface area contributed by atoms with Crippen molar-refractivity contribution in [1.29, 1.82) is 0 Å². The number of H-pyrrole nitrogens is 1. The van der Waals surface area contributed by atoms with E-state index in [1.165, 1.54) is 5.56 Å². The van der Waals surface area contributed by atoms with Gasteiger partial charge in [-0.15, -0.1) is 0 Å². The van der Waals surface area contributed by atoms with E-state index in [9.17, 15) is 9.59 Å². The Balaban J connectivity index is 1.52. The molecule has 0 unspecified atom stereocenters. The van der Waals surface area contributed by atoms with Crippen LogP contribution in [0.25, 0.3) is 0 Å². The first kappa shape index (κ1) is 17.3. The van der Waals surface area contributed by atoms with Gasteiger partial charge in [0, 0.05) is 38.6 Å². The maximum Gasteiger partial charge on any atom is 0.255 e. The molecule has 1 aliphatic rings. The summed E-state index contributed by atoms with van der Waals surface area (Å²) in [5.41, 5.74) is 3.00. The Kier molecular flexibility index (Phi) is 5.22. The molecule has 0 aliphatic carbocycles. The molecule has 1 aliphatic heterocycles. The molecule has 0 saturated carbocycles. The molecule has 0 bridgehead atoms. The normalized spacial score (nSPS) is 14.8. The van der Waals surface area contributed by atoms with Gasteiger partial charge in [0.05, 0.1) is 12.0 Å². The summed E-state index contributed by atoms with van der Waals surface area (Å²) < 4.78 is 0. The average molecular weight is 339 g/mol. The van der Waals surface area contributed by atoms with Gasteiger partial charge in [-0.3, -0.25) is 9.59 Å². The number of aromatic amines is 1. The second-order valence-electron chi connectivity index (χ2n) is 6.85. The van der Waals surface area contributed by atoms with Crippen molar-refractivity contribution in [2.24, 2.45) is 0 Å². The van der Waals surface area contributed by atoms with Gasteiger partial charge < -0.3 is 14.8 Å². The first-order valence-corrected chi connectivity index (χ1v) is 8.83. The van der Waals surface area contributed by atoms with Crippen LogP contribution < -0.4 is 0 Å². The summed E-state index contributed by atoms with van der Waals surface area (Å²) in [7, 11) is 0. The molecule has 1 aromatic carbocycles. The lowest BCUT2D eigenvalue weighted by atomic mass is 10.0. The molecular formula is C20H25N3O2. The van der Waals surface area contributed by atoms with Gasteiger partial charge >= 0.3 is 0 Å². The average Bonchev–Trinajstić information content (AvgIpc) is 3.16. The van der Waals surface area contributed by atoms with Crippen molar-refractivity contribution < 1.29 is 9.59 Å². The monoisotopic (exact) mass is 339 g/mol. The lowest BCUT2D eigenvalue weighted by Gasteiger charge is -2.34. The minimum atomic E-state index is 0.0256. The molecule has 1 N–H and O–H groups in total. The zero-order valence-electron chi connectivity index (χ0n) is 14.9. The molecule has 2 heterocycles. The fourth-order valence-electron chi connectivity index (χ4n) is 3.11. The Labute approximate surface area is 148 Å². The lowest BCUT2D eigenvalue weighted by molar-refractivity contribution is -0.131. The van der Waals surface area contributed by atoms with E-state index in [1.807, 2.05) is 21.9 Å². The van der Waals surface area contributed by atoms with Crippen LogP contribution in [0.5, 0.6) is 0 Å². The number of amides is 2. The van der Waals surface area contributed by atoms with Gasteiger partial charge in [0.2, 0.25) is 5.91 Å². The molecular weight excluding hydrogens is 314 g/mol. The van der Waals surface area contributed by atoms with E-state index in [4.69, 9.17) is 0 Å². The van der Waals surface area contributed by atoms with E-state index in [-0.39, 0.29) is 11.8 Å². The van der Waals surface area contributed by atoms with E-state index in [2.05, 4.69) is 31.0 Å². The number of hydrogen-bond donors (Lipinski definition) is 1. The van der Waals surface area contributed by atoms with Crippen LogP contribution in [0.15, 0.2) is 42.7 Å². The SMILES string of the molecule is CC(C)c1ccc(CC(=O)N2CCN(C(=O)c3cc[nH]c3)CC2)cc1. The van der Waals surface area contributed by atoms with Crippen LogP contribution in [0.1, 0.15) is 41.3 Å². The van der Waals surface area contributed by atoms with E-state index in [0.29, 0.717) is 44.1 Å². The molecule has 132 valence electrons. The number of carbonyl (C=O) groups excluding carboxylic acids is 2. The van der Waals surface area contributed by atoms with Gasteiger partial charge in [0.15, 0.2) is 0 Å². The third-order valence-electron chi connectivity index (χ3n) is 4.77. The molecule has 5 nitrogen and oxygen atoms in total. The molecule has 1 fully saturated rings. The first-order valence-electron chi connectivity index (χ1n) is 8.83. The minimum Gasteiger partial charge on any atom is -0.367 e. The smallest absolute Gasteiger partial charge is 0.255 e. The van der Waals surface area contributed by atoms with Crippen LogP contribution in [0, 0.1) is 0 Å². The number of piperazine rings is 1. The summed E-state index contributed by atoms with van der Waals surface area (Å²) in [6.45, 7) is 6.69. The highest BCUT2D eigenvalue weighted by Crippen LogP contribution is 2.16. The molecule has 0 spiro atoms. The van der Waals surface area contributed by atoms with Gasteiger partial charge in [-0.05, 0) is 23.1 Å². The molecule has 5 heteroatoms. The standard InChI is InChI=1S/C20H25N3O2/c1-15(2)17-5-3-16(4-6-17)13-19(24)22-9-11-23(12-10-22)20(25)18-7-8-21-14-18/h3-8,14-15,21H,9-13H2,1-2H3. The molecule has 0 atom stereocenters. The maximum absolute atomic E-state index is 12.5. The van der Waals surface area contributed by atoms with Crippen molar-refractivity contribution in [1.82, 2.24) is 14.8 Å². The van der Waals surface area contributed by atoms with Crippen LogP contribution >= 0.6 is 0 Å². The number of nitrogens with zero attached hydrogens (tertiary/aromatic N) is 2. The highest BCUT2D eigenvalue weighted by Gasteiger charge is 2.24. The summed E-state index contributed by atoms with van der Waals surface area (Å²) in [5, 5.41) is 0. The molecule has 25 heavy (non-hydrogen) atoms. The van der Waals surface area contributed by atoms with Crippen molar-refractivity contribution in [3.05, 3.63) is 59.4 Å². The second-order valence-corrected chi connectivity index (χ2v) is 6.85. The predicted molar refractivity (Wildman–Crippen MR) is 97.5 cm³/mol. The highest BCUT2D eigenvalue weighted by molar-refractivity contribution is 5.94. The molecule has 1 aromatic heterocycles. The van der Waals surface area contributed by atoms with Gasteiger partial charge in [-0.2, -0.15) is 0 Å². The number of carbonyl (C=O) groups is 2. The molecule has 1 saturated heterocycles. The largest absolute Gasteiger partial charge is 0.367 e. The van der Waals surface area contributed by atoms with Crippen molar-refractivity contribution in [3.63, 3.8) is 0 Å². The van der Waals surface area contributed by atoms with Crippen LogP contribution in [0.3, 0.4) is 0 Å². The summed E-state index contributed by atoms with van der Waals surface area (Å²) in [5.74, 6) is 0.652.